The van der Waals surface area contributed by atoms with Gasteiger partial charge in [0.05, 0.1) is 6.61 Å². The van der Waals surface area contributed by atoms with Gasteiger partial charge < -0.3 is 19.9 Å². The Morgan fingerprint density at radius 3 is 2.31 bits per heavy atom. The lowest BCUT2D eigenvalue weighted by Gasteiger charge is -2.36. The summed E-state index contributed by atoms with van der Waals surface area (Å²) in [4.78, 5) is 20.2. The van der Waals surface area contributed by atoms with Crippen molar-refractivity contribution in [2.75, 3.05) is 46.4 Å². The third-order valence-electron chi connectivity index (χ3n) is 4.59. The topological polar surface area (TPSA) is 57.2 Å². The fourth-order valence-electron chi connectivity index (χ4n) is 3.09. The Hall–Kier alpha value is -1.51. The molecule has 1 aromatic rings. The van der Waals surface area contributed by atoms with Gasteiger partial charge in [0, 0.05) is 45.7 Å². The molecule has 2 rings (SSSR count). The highest BCUT2D eigenvalue weighted by atomic mass is 127. The molecule has 1 aliphatic heterocycles. The summed E-state index contributed by atoms with van der Waals surface area (Å²) in [6, 6.07) is 10.6. The van der Waals surface area contributed by atoms with Gasteiger partial charge in [0.2, 0.25) is 0 Å². The number of halogens is 1. The molecule has 0 aliphatic carbocycles. The number of nitrogens with zero attached hydrogens (tertiary/aromatic N) is 3. The maximum absolute atomic E-state index is 11.8. The van der Waals surface area contributed by atoms with Crippen LogP contribution in [0.1, 0.15) is 31.7 Å². The van der Waals surface area contributed by atoms with E-state index in [9.17, 15) is 4.79 Å². The van der Waals surface area contributed by atoms with Gasteiger partial charge in [-0.2, -0.15) is 0 Å². The fraction of sp³-hybridized carbons (Fsp3) is 0.579. The highest BCUT2D eigenvalue weighted by molar-refractivity contribution is 14.0. The number of hydrogen-bond donors (Lipinski definition) is 1. The molecule has 26 heavy (non-hydrogen) atoms. The molecule has 6 nitrogen and oxygen atoms in total. The molecule has 1 heterocycles. The second-order valence-electron chi connectivity index (χ2n) is 6.12. The van der Waals surface area contributed by atoms with E-state index in [1.165, 1.54) is 5.56 Å². The van der Waals surface area contributed by atoms with E-state index < -0.39 is 0 Å². The zero-order chi connectivity index (χ0) is 18.1. The van der Waals surface area contributed by atoms with Crippen LogP contribution >= 0.6 is 24.0 Å². The van der Waals surface area contributed by atoms with Crippen molar-refractivity contribution >= 4 is 36.0 Å². The minimum absolute atomic E-state index is 0. The highest BCUT2D eigenvalue weighted by Crippen LogP contribution is 2.18. The van der Waals surface area contributed by atoms with Crippen molar-refractivity contribution in [3.05, 3.63) is 35.9 Å². The molecule has 0 radical (unpaired) electrons. The van der Waals surface area contributed by atoms with Gasteiger partial charge in [0.25, 0.3) is 0 Å². The Labute approximate surface area is 174 Å². The fourth-order valence-corrected chi connectivity index (χ4v) is 3.09. The van der Waals surface area contributed by atoms with E-state index in [-0.39, 0.29) is 30.1 Å². The molecule has 146 valence electrons. The smallest absolute Gasteiger partial charge is 0.409 e. The van der Waals surface area contributed by atoms with E-state index in [2.05, 4.69) is 46.4 Å². The molecule has 1 fully saturated rings. The van der Waals surface area contributed by atoms with Crippen molar-refractivity contribution in [2.45, 2.75) is 26.2 Å². The number of benzene rings is 1. The summed E-state index contributed by atoms with van der Waals surface area (Å²) >= 11 is 0. The molecule has 0 spiro atoms. The summed E-state index contributed by atoms with van der Waals surface area (Å²) < 4.78 is 5.07. The first-order valence-electron chi connectivity index (χ1n) is 9.11. The van der Waals surface area contributed by atoms with Gasteiger partial charge in [-0.05, 0) is 18.9 Å². The second kappa shape index (κ2) is 12.0. The SMILES string of the molecule is CCOC(=O)N1CCN(C(=NC)NCC(CC)c2ccccc2)CC1.I. The van der Waals surface area contributed by atoms with E-state index in [1.54, 1.807) is 4.90 Å². The van der Waals surface area contributed by atoms with Crippen molar-refractivity contribution in [3.63, 3.8) is 0 Å². The third kappa shape index (κ3) is 6.34. The molecular formula is C19H31IN4O2. The number of amides is 1. The lowest BCUT2D eigenvalue weighted by Crippen LogP contribution is -2.54. The maximum Gasteiger partial charge on any atom is 0.409 e. The number of carbonyl (C=O) groups excluding carboxylic acids is 1. The molecule has 1 saturated heterocycles. The van der Waals surface area contributed by atoms with Crippen molar-refractivity contribution < 1.29 is 9.53 Å². The number of piperazine rings is 1. The summed E-state index contributed by atoms with van der Waals surface area (Å²) in [6.07, 6.45) is 0.852. The Morgan fingerprint density at radius 2 is 1.77 bits per heavy atom. The van der Waals surface area contributed by atoms with Crippen molar-refractivity contribution in [3.8, 4) is 0 Å². The van der Waals surface area contributed by atoms with Crippen molar-refractivity contribution in [1.29, 1.82) is 0 Å². The number of hydrogen-bond acceptors (Lipinski definition) is 3. The van der Waals surface area contributed by atoms with Crippen molar-refractivity contribution in [1.82, 2.24) is 15.1 Å². The zero-order valence-corrected chi connectivity index (χ0v) is 18.3. The number of aliphatic imine (C=N–C) groups is 1. The normalized spacial score (nSPS) is 15.9. The molecular weight excluding hydrogens is 443 g/mol. The van der Waals surface area contributed by atoms with Crippen LogP contribution in [0.15, 0.2) is 35.3 Å². The summed E-state index contributed by atoms with van der Waals surface area (Å²) in [7, 11) is 1.81. The number of nitrogens with one attached hydrogen (secondary N) is 1. The molecule has 1 aliphatic rings. The van der Waals surface area contributed by atoms with Crippen LogP contribution in [-0.4, -0.2) is 68.2 Å². The predicted octanol–water partition coefficient (Wildman–Crippen LogP) is 3.15. The van der Waals surface area contributed by atoms with Crippen LogP contribution in [0.25, 0.3) is 0 Å². The van der Waals surface area contributed by atoms with Gasteiger partial charge >= 0.3 is 6.09 Å². The quantitative estimate of drug-likeness (QED) is 0.405. The summed E-state index contributed by atoms with van der Waals surface area (Å²) in [5.41, 5.74) is 1.35. The lowest BCUT2D eigenvalue weighted by molar-refractivity contribution is 0.0914. The molecule has 1 N–H and O–H groups in total. The van der Waals surface area contributed by atoms with E-state index >= 15 is 0 Å². The number of guanidine groups is 1. The lowest BCUT2D eigenvalue weighted by atomic mass is 9.96. The molecule has 1 atom stereocenters. The standard InChI is InChI=1S/C19H30N4O2.HI/c1-4-16(17-9-7-6-8-10-17)15-21-18(20-3)22-11-13-23(14-12-22)19(24)25-5-2;/h6-10,16H,4-5,11-15H2,1-3H3,(H,20,21);1H. The first-order chi connectivity index (χ1) is 12.2. The summed E-state index contributed by atoms with van der Waals surface area (Å²) in [5.74, 6) is 1.36. The minimum Gasteiger partial charge on any atom is -0.450 e. The largest absolute Gasteiger partial charge is 0.450 e. The average Bonchev–Trinajstić information content (AvgIpc) is 2.66. The van der Waals surface area contributed by atoms with E-state index in [1.807, 2.05) is 20.0 Å². The van der Waals surface area contributed by atoms with Gasteiger partial charge in [0.15, 0.2) is 5.96 Å². The van der Waals surface area contributed by atoms with Gasteiger partial charge in [-0.15, -0.1) is 24.0 Å². The Kier molecular flexibility index (Phi) is 10.4. The summed E-state index contributed by atoms with van der Waals surface area (Å²) in [5, 5.41) is 3.50. The number of ether oxygens (including phenoxy) is 1. The Morgan fingerprint density at radius 1 is 1.15 bits per heavy atom. The summed E-state index contributed by atoms with van der Waals surface area (Å²) in [6.45, 7) is 8.16. The minimum atomic E-state index is -0.222. The molecule has 1 unspecified atom stereocenters. The van der Waals surface area contributed by atoms with Crippen LogP contribution in [0, 0.1) is 0 Å². The van der Waals surface area contributed by atoms with Crippen LogP contribution in [0.2, 0.25) is 0 Å². The molecule has 1 aromatic carbocycles. The highest BCUT2D eigenvalue weighted by Gasteiger charge is 2.24. The van der Waals surface area contributed by atoms with Crippen LogP contribution in [-0.2, 0) is 4.74 Å². The van der Waals surface area contributed by atoms with Gasteiger partial charge in [-0.25, -0.2) is 4.79 Å². The van der Waals surface area contributed by atoms with E-state index in [4.69, 9.17) is 4.74 Å². The Balaban J connectivity index is 0.00000338. The van der Waals surface area contributed by atoms with Gasteiger partial charge in [-0.1, -0.05) is 37.3 Å². The zero-order valence-electron chi connectivity index (χ0n) is 16.0. The number of rotatable bonds is 5. The van der Waals surface area contributed by atoms with E-state index in [0.29, 0.717) is 25.6 Å². The molecule has 0 bridgehead atoms. The average molecular weight is 474 g/mol. The first kappa shape index (κ1) is 22.5. The third-order valence-corrected chi connectivity index (χ3v) is 4.59. The van der Waals surface area contributed by atoms with Crippen LogP contribution in [0.4, 0.5) is 4.79 Å². The van der Waals surface area contributed by atoms with Crippen molar-refractivity contribution in [2.24, 2.45) is 4.99 Å². The maximum atomic E-state index is 11.8. The van der Waals surface area contributed by atoms with Gasteiger partial charge in [0.1, 0.15) is 0 Å². The van der Waals surface area contributed by atoms with Crippen LogP contribution in [0.5, 0.6) is 0 Å². The molecule has 0 aromatic heterocycles. The molecule has 7 heteroatoms. The second-order valence-corrected chi connectivity index (χ2v) is 6.12. The van der Waals surface area contributed by atoms with Crippen LogP contribution in [0.3, 0.4) is 0 Å². The van der Waals surface area contributed by atoms with E-state index in [0.717, 1.165) is 32.0 Å². The van der Waals surface area contributed by atoms with Crippen LogP contribution < -0.4 is 5.32 Å². The molecule has 0 saturated carbocycles. The Bertz CT molecular complexity index is 560. The first-order valence-corrected chi connectivity index (χ1v) is 9.11. The number of carbonyl (C=O) groups is 1. The predicted molar refractivity (Wildman–Crippen MR) is 116 cm³/mol. The monoisotopic (exact) mass is 474 g/mol. The molecule has 1 amide bonds. The van der Waals surface area contributed by atoms with Gasteiger partial charge in [-0.3, -0.25) is 4.99 Å².